The highest BCUT2D eigenvalue weighted by atomic mass is 79.9. The van der Waals surface area contributed by atoms with Crippen LogP contribution in [0.3, 0.4) is 0 Å². The number of halogens is 1. The van der Waals surface area contributed by atoms with Crippen LogP contribution in [0.1, 0.15) is 35.1 Å². The van der Waals surface area contributed by atoms with Gasteiger partial charge in [-0.1, -0.05) is 32.4 Å². The van der Waals surface area contributed by atoms with E-state index in [1.807, 2.05) is 35.4 Å². The second kappa shape index (κ2) is 6.99. The molecule has 0 radical (unpaired) electrons. The Labute approximate surface area is 158 Å². The molecule has 2 aromatic heterocycles. The van der Waals surface area contributed by atoms with Crippen LogP contribution in [-0.2, 0) is 0 Å². The second-order valence-corrected chi connectivity index (χ2v) is 7.19. The molecule has 1 amide bonds. The second-order valence-electron chi connectivity index (χ2n) is 6.28. The van der Waals surface area contributed by atoms with Crippen molar-refractivity contribution in [2.24, 2.45) is 0 Å². The monoisotopic (exact) mass is 416 g/mol. The Hall–Kier alpha value is -2.55. The van der Waals surface area contributed by atoms with Crippen molar-refractivity contribution in [2.45, 2.75) is 25.8 Å². The lowest BCUT2D eigenvalue weighted by atomic mass is 10.0. The van der Waals surface area contributed by atoms with Gasteiger partial charge in [-0.25, -0.2) is 4.68 Å². The molecule has 0 bridgehead atoms. The molecule has 8 nitrogen and oxygen atoms in total. The summed E-state index contributed by atoms with van der Waals surface area (Å²) < 4.78 is 7.68. The molecule has 3 heterocycles. The molecule has 1 saturated heterocycles. The highest BCUT2D eigenvalue weighted by Crippen LogP contribution is 2.24. The van der Waals surface area contributed by atoms with E-state index in [0.29, 0.717) is 29.5 Å². The van der Waals surface area contributed by atoms with Gasteiger partial charge in [-0.2, -0.15) is 4.98 Å². The molecule has 0 N–H and O–H groups in total. The van der Waals surface area contributed by atoms with Crippen LogP contribution in [0.2, 0.25) is 0 Å². The third-order valence-corrected chi connectivity index (χ3v) is 4.89. The molecule has 1 fully saturated rings. The Morgan fingerprint density at radius 3 is 3.04 bits per heavy atom. The largest absolute Gasteiger partial charge is 0.339 e. The molecule has 9 heteroatoms. The minimum absolute atomic E-state index is 0.0325. The number of aryl methyl sites for hydroxylation is 1. The standard InChI is InChI=1S/C17H17BrN6O2/c1-11-19-16(21-26-11)15-10-24(22-20-15)14-6-3-7-23(9-14)17(25)12-4-2-5-13(18)8-12/h2,4-5,8,10,14H,3,6-7,9H2,1H3. The molecule has 1 atom stereocenters. The van der Waals surface area contributed by atoms with E-state index in [1.54, 1.807) is 11.6 Å². The summed E-state index contributed by atoms with van der Waals surface area (Å²) in [6, 6.07) is 7.54. The first-order valence-corrected chi connectivity index (χ1v) is 9.17. The lowest BCUT2D eigenvalue weighted by molar-refractivity contribution is 0.0672. The van der Waals surface area contributed by atoms with E-state index in [-0.39, 0.29) is 11.9 Å². The molecule has 0 aliphatic carbocycles. The maximum absolute atomic E-state index is 12.8. The van der Waals surface area contributed by atoms with Crippen LogP contribution in [-0.4, -0.2) is 49.0 Å². The summed E-state index contributed by atoms with van der Waals surface area (Å²) in [5, 5.41) is 12.2. The summed E-state index contributed by atoms with van der Waals surface area (Å²) in [4.78, 5) is 18.8. The Bertz CT molecular complexity index is 937. The number of rotatable bonds is 3. The van der Waals surface area contributed by atoms with Gasteiger partial charge < -0.3 is 9.42 Å². The lowest BCUT2D eigenvalue weighted by Crippen LogP contribution is -2.40. The number of benzene rings is 1. The van der Waals surface area contributed by atoms with Crippen molar-refractivity contribution in [3.8, 4) is 11.5 Å². The van der Waals surface area contributed by atoms with Crippen LogP contribution in [0.5, 0.6) is 0 Å². The van der Waals surface area contributed by atoms with Gasteiger partial charge >= 0.3 is 0 Å². The molecule has 1 aliphatic heterocycles. The van der Waals surface area contributed by atoms with Gasteiger partial charge in [0.05, 0.1) is 12.2 Å². The fourth-order valence-corrected chi connectivity index (χ4v) is 3.52. The van der Waals surface area contributed by atoms with Gasteiger partial charge in [0, 0.05) is 30.0 Å². The predicted molar refractivity (Wildman–Crippen MR) is 96.4 cm³/mol. The number of aromatic nitrogens is 5. The van der Waals surface area contributed by atoms with E-state index >= 15 is 0 Å². The first-order chi connectivity index (χ1) is 12.6. The average Bonchev–Trinajstić information content (AvgIpc) is 3.30. The van der Waals surface area contributed by atoms with E-state index in [9.17, 15) is 4.79 Å². The number of carbonyl (C=O) groups excluding carboxylic acids is 1. The molecule has 0 spiro atoms. The molecule has 0 saturated carbocycles. The Morgan fingerprint density at radius 1 is 1.38 bits per heavy atom. The van der Waals surface area contributed by atoms with Gasteiger partial charge in [0.15, 0.2) is 5.69 Å². The number of amides is 1. The van der Waals surface area contributed by atoms with E-state index in [4.69, 9.17) is 4.52 Å². The lowest BCUT2D eigenvalue weighted by Gasteiger charge is -2.32. The molecule has 26 heavy (non-hydrogen) atoms. The van der Waals surface area contributed by atoms with Gasteiger partial charge in [-0.3, -0.25) is 4.79 Å². The number of hydrogen-bond acceptors (Lipinski definition) is 6. The highest BCUT2D eigenvalue weighted by Gasteiger charge is 2.27. The summed E-state index contributed by atoms with van der Waals surface area (Å²) in [7, 11) is 0. The van der Waals surface area contributed by atoms with Crippen molar-refractivity contribution < 1.29 is 9.32 Å². The zero-order valence-corrected chi connectivity index (χ0v) is 15.8. The summed E-state index contributed by atoms with van der Waals surface area (Å²) in [6.45, 7) is 3.07. The highest BCUT2D eigenvalue weighted by molar-refractivity contribution is 9.10. The Morgan fingerprint density at radius 2 is 2.27 bits per heavy atom. The van der Waals surface area contributed by atoms with Crippen LogP contribution >= 0.6 is 15.9 Å². The molecular weight excluding hydrogens is 400 g/mol. The average molecular weight is 417 g/mol. The fourth-order valence-electron chi connectivity index (χ4n) is 3.12. The molecule has 1 aliphatic rings. The molecule has 4 rings (SSSR count). The van der Waals surface area contributed by atoms with Crippen LogP contribution in [0, 0.1) is 6.92 Å². The van der Waals surface area contributed by atoms with Crippen molar-refractivity contribution in [1.29, 1.82) is 0 Å². The van der Waals surface area contributed by atoms with Crippen LogP contribution < -0.4 is 0 Å². The van der Waals surface area contributed by atoms with E-state index < -0.39 is 0 Å². The maximum Gasteiger partial charge on any atom is 0.253 e. The number of hydrogen-bond donors (Lipinski definition) is 0. The summed E-state index contributed by atoms with van der Waals surface area (Å²) in [5.74, 6) is 0.940. The number of carbonyl (C=O) groups is 1. The molecule has 134 valence electrons. The van der Waals surface area contributed by atoms with Gasteiger partial charge in [-0.05, 0) is 31.0 Å². The first kappa shape index (κ1) is 16.9. The van der Waals surface area contributed by atoms with Crippen LogP contribution in [0.15, 0.2) is 39.5 Å². The fraction of sp³-hybridized carbons (Fsp3) is 0.353. The SMILES string of the molecule is Cc1nc(-c2cn(C3CCCN(C(=O)c4cccc(Br)c4)C3)nn2)no1. The topological polar surface area (TPSA) is 89.9 Å². The van der Waals surface area contributed by atoms with Crippen molar-refractivity contribution in [3.05, 3.63) is 46.4 Å². The summed E-state index contributed by atoms with van der Waals surface area (Å²) >= 11 is 3.42. The number of nitrogens with zero attached hydrogens (tertiary/aromatic N) is 6. The normalized spacial score (nSPS) is 17.5. The summed E-state index contributed by atoms with van der Waals surface area (Å²) in [5.41, 5.74) is 1.25. The quantitative estimate of drug-likeness (QED) is 0.651. The van der Waals surface area contributed by atoms with E-state index in [1.165, 1.54) is 0 Å². The van der Waals surface area contributed by atoms with Crippen molar-refractivity contribution >= 4 is 21.8 Å². The van der Waals surface area contributed by atoms with Gasteiger partial charge in [0.25, 0.3) is 5.91 Å². The smallest absolute Gasteiger partial charge is 0.253 e. The van der Waals surface area contributed by atoms with Crippen LogP contribution in [0.25, 0.3) is 11.5 Å². The predicted octanol–water partition coefficient (Wildman–Crippen LogP) is 2.88. The minimum Gasteiger partial charge on any atom is -0.339 e. The van der Waals surface area contributed by atoms with Gasteiger partial charge in [-0.15, -0.1) is 5.10 Å². The Balaban J connectivity index is 1.50. The third kappa shape index (κ3) is 3.39. The zero-order valence-electron chi connectivity index (χ0n) is 14.2. The van der Waals surface area contributed by atoms with Crippen molar-refractivity contribution in [3.63, 3.8) is 0 Å². The van der Waals surface area contributed by atoms with E-state index in [2.05, 4.69) is 36.4 Å². The van der Waals surface area contributed by atoms with Crippen LogP contribution in [0.4, 0.5) is 0 Å². The molecule has 1 aromatic carbocycles. The number of piperidine rings is 1. The summed E-state index contributed by atoms with van der Waals surface area (Å²) in [6.07, 6.45) is 3.67. The van der Waals surface area contributed by atoms with E-state index in [0.717, 1.165) is 23.9 Å². The first-order valence-electron chi connectivity index (χ1n) is 8.37. The third-order valence-electron chi connectivity index (χ3n) is 4.40. The zero-order chi connectivity index (χ0) is 18.1. The van der Waals surface area contributed by atoms with Crippen molar-refractivity contribution in [1.82, 2.24) is 30.0 Å². The maximum atomic E-state index is 12.8. The van der Waals surface area contributed by atoms with Crippen molar-refractivity contribution in [2.75, 3.05) is 13.1 Å². The Kier molecular flexibility index (Phi) is 4.54. The van der Waals surface area contributed by atoms with Gasteiger partial charge in [0.2, 0.25) is 11.7 Å². The molecule has 1 unspecified atom stereocenters. The minimum atomic E-state index is 0.0325. The van der Waals surface area contributed by atoms with Gasteiger partial charge in [0.1, 0.15) is 0 Å². The number of likely N-dealkylation sites (tertiary alicyclic amines) is 1. The molecular formula is C17H17BrN6O2. The molecule has 3 aromatic rings.